The monoisotopic (exact) mass is 539 g/mol. The summed E-state index contributed by atoms with van der Waals surface area (Å²) in [5.74, 6) is -2.43. The Balaban J connectivity index is 1.93. The lowest BCUT2D eigenvalue weighted by molar-refractivity contribution is -0.154. The van der Waals surface area contributed by atoms with Crippen LogP contribution in [0.4, 0.5) is 0 Å². The summed E-state index contributed by atoms with van der Waals surface area (Å²) in [7, 11) is -6.23. The van der Waals surface area contributed by atoms with E-state index in [9.17, 15) is 26.4 Å². The predicted octanol–water partition coefficient (Wildman–Crippen LogP) is 2.19. The highest BCUT2D eigenvalue weighted by Gasteiger charge is 2.50. The number of piperidine rings is 1. The number of aryl methyl sites for hydroxylation is 2. The van der Waals surface area contributed by atoms with Gasteiger partial charge in [-0.3, -0.25) is 13.8 Å². The number of hydrogen-bond donors (Lipinski definition) is 0. The Morgan fingerprint density at radius 2 is 1.19 bits per heavy atom. The van der Waals surface area contributed by atoms with Crippen LogP contribution in [0.3, 0.4) is 0 Å². The van der Waals surface area contributed by atoms with Gasteiger partial charge < -0.3 is 9.47 Å². The molecule has 1 unspecified atom stereocenters. The normalized spacial score (nSPS) is 21.1. The Bertz CT molecular complexity index is 1280. The van der Waals surface area contributed by atoms with E-state index in [1.807, 2.05) is 6.92 Å². The van der Waals surface area contributed by atoms with Crippen LogP contribution in [0.15, 0.2) is 58.3 Å². The molecule has 1 aliphatic heterocycles. The molecule has 36 heavy (non-hydrogen) atoms. The molecule has 0 aliphatic carbocycles. The smallest absolute Gasteiger partial charge is 0.324 e. The summed E-state index contributed by atoms with van der Waals surface area (Å²) in [6, 6.07) is 9.27. The molecule has 0 N–H and O–H groups in total. The topological polar surface area (TPSA) is 133 Å². The molecular formula is C24H29NO9S2. The molecule has 1 aliphatic rings. The van der Waals surface area contributed by atoms with Crippen molar-refractivity contribution < 1.29 is 40.1 Å². The minimum absolute atomic E-state index is 0.0403. The number of ether oxygens (including phenoxy) is 2. The highest BCUT2D eigenvalue weighted by Crippen LogP contribution is 2.35. The molecule has 0 bridgehead atoms. The van der Waals surface area contributed by atoms with E-state index in [0.29, 0.717) is 0 Å². The highest BCUT2D eigenvalue weighted by molar-refractivity contribution is 7.89. The van der Waals surface area contributed by atoms with Crippen LogP contribution in [0.25, 0.3) is 0 Å². The van der Waals surface area contributed by atoms with Gasteiger partial charge in [-0.25, -0.2) is 8.42 Å². The van der Waals surface area contributed by atoms with Crippen LogP contribution in [0.1, 0.15) is 24.0 Å². The third kappa shape index (κ3) is 5.94. The van der Waals surface area contributed by atoms with E-state index in [0.717, 1.165) is 29.7 Å². The van der Waals surface area contributed by atoms with E-state index >= 15 is 0 Å². The van der Waals surface area contributed by atoms with Gasteiger partial charge in [0.2, 0.25) is 10.0 Å². The van der Waals surface area contributed by atoms with E-state index in [2.05, 4.69) is 0 Å². The molecule has 0 spiro atoms. The number of esters is 2. The van der Waals surface area contributed by atoms with Gasteiger partial charge in [0.15, 0.2) is 0 Å². The van der Waals surface area contributed by atoms with E-state index in [4.69, 9.17) is 13.7 Å². The maximum Gasteiger partial charge on any atom is 0.324 e. The lowest BCUT2D eigenvalue weighted by Crippen LogP contribution is -2.58. The first-order valence-corrected chi connectivity index (χ1v) is 14.0. The summed E-state index contributed by atoms with van der Waals surface area (Å²) in [6.07, 6.45) is -0.233. The zero-order valence-electron chi connectivity index (χ0n) is 20.4. The third-order valence-corrected chi connectivity index (χ3v) is 9.27. The number of methoxy groups -OCH3 is 2. The summed E-state index contributed by atoms with van der Waals surface area (Å²) in [6.45, 7) is 3.24. The average molecular weight is 540 g/mol. The van der Waals surface area contributed by atoms with Gasteiger partial charge in [-0.1, -0.05) is 35.4 Å². The maximum absolute atomic E-state index is 13.6. The average Bonchev–Trinajstić information content (AvgIpc) is 2.86. The summed E-state index contributed by atoms with van der Waals surface area (Å²) in [5, 5.41) is 0. The van der Waals surface area contributed by atoms with Crippen molar-refractivity contribution in [2.24, 2.45) is 5.92 Å². The van der Waals surface area contributed by atoms with E-state index in [-0.39, 0.29) is 29.2 Å². The Labute approximate surface area is 211 Å². The van der Waals surface area contributed by atoms with Gasteiger partial charge in [0, 0.05) is 0 Å². The Morgan fingerprint density at radius 1 is 0.778 bits per heavy atom. The summed E-state index contributed by atoms with van der Waals surface area (Å²) >= 11 is 0. The van der Waals surface area contributed by atoms with Crippen molar-refractivity contribution in [3.8, 4) is 0 Å². The summed E-state index contributed by atoms with van der Waals surface area (Å²) in [4.78, 5) is 25.3. The summed E-state index contributed by atoms with van der Waals surface area (Å²) in [5.41, 5.74) is 1.70. The first-order valence-electron chi connectivity index (χ1n) is 11.1. The van der Waals surface area contributed by atoms with E-state index in [1.165, 1.54) is 24.3 Å². The molecule has 3 rings (SSSR count). The Hall–Kier alpha value is -2.80. The number of nitrogens with zero attached hydrogens (tertiary/aromatic N) is 1. The van der Waals surface area contributed by atoms with Crippen LogP contribution in [-0.2, 0) is 43.4 Å². The van der Waals surface area contributed by atoms with Crippen molar-refractivity contribution >= 4 is 32.1 Å². The van der Waals surface area contributed by atoms with Crippen molar-refractivity contribution in [2.45, 2.75) is 48.6 Å². The second-order valence-electron chi connectivity index (χ2n) is 8.62. The first kappa shape index (κ1) is 27.8. The van der Waals surface area contributed by atoms with Crippen LogP contribution in [-0.4, -0.2) is 66.0 Å². The molecule has 0 saturated carbocycles. The van der Waals surface area contributed by atoms with Gasteiger partial charge in [0.1, 0.15) is 12.1 Å². The lowest BCUT2D eigenvalue weighted by Gasteiger charge is -2.41. The Morgan fingerprint density at radius 3 is 1.61 bits per heavy atom. The van der Waals surface area contributed by atoms with E-state index in [1.54, 1.807) is 31.2 Å². The van der Waals surface area contributed by atoms with Crippen molar-refractivity contribution in [3.05, 3.63) is 59.7 Å². The van der Waals surface area contributed by atoms with Gasteiger partial charge in [-0.2, -0.15) is 12.7 Å². The molecule has 196 valence electrons. The molecule has 1 saturated heterocycles. The maximum atomic E-state index is 13.6. The largest absolute Gasteiger partial charge is 0.468 e. The molecule has 3 atom stereocenters. The molecular weight excluding hydrogens is 510 g/mol. The molecule has 12 heteroatoms. The van der Waals surface area contributed by atoms with Gasteiger partial charge in [0.05, 0.1) is 30.6 Å². The van der Waals surface area contributed by atoms with Crippen molar-refractivity contribution in [3.63, 3.8) is 0 Å². The highest BCUT2D eigenvalue weighted by atomic mass is 32.2. The van der Waals surface area contributed by atoms with Crippen LogP contribution in [0, 0.1) is 19.8 Å². The quantitative estimate of drug-likeness (QED) is 0.366. The lowest BCUT2D eigenvalue weighted by atomic mass is 9.88. The minimum Gasteiger partial charge on any atom is -0.468 e. The number of hydrogen-bond acceptors (Lipinski definition) is 9. The van der Waals surface area contributed by atoms with Gasteiger partial charge in [-0.05, 0) is 56.9 Å². The molecule has 2 aromatic carbocycles. The van der Waals surface area contributed by atoms with Crippen LogP contribution >= 0.6 is 0 Å². The molecule has 0 amide bonds. The number of carbonyl (C=O) groups is 2. The number of benzene rings is 2. The summed E-state index contributed by atoms with van der Waals surface area (Å²) < 4.78 is 68.2. The van der Waals surface area contributed by atoms with Crippen molar-refractivity contribution in [2.75, 3.05) is 20.8 Å². The predicted molar refractivity (Wildman–Crippen MR) is 129 cm³/mol. The second kappa shape index (κ2) is 11.1. The Kier molecular flexibility index (Phi) is 8.55. The number of carbonyl (C=O) groups excluding carboxylic acids is 2. The van der Waals surface area contributed by atoms with Crippen LogP contribution in [0.2, 0.25) is 0 Å². The van der Waals surface area contributed by atoms with Gasteiger partial charge in [-0.15, -0.1) is 0 Å². The standard InChI is InChI=1S/C24H29NO9S2/c1-16-5-9-19(10-6-16)35(28,29)25-21(23(26)32-3)13-18(14-22(25)24(27)33-4)15-34-36(30,31)20-11-7-17(2)8-12-20/h5-12,18,21-22H,13-15H2,1-4H3/t18?,21-,22+. The fourth-order valence-electron chi connectivity index (χ4n) is 4.09. The zero-order chi connectivity index (χ0) is 26.7. The van der Waals surface area contributed by atoms with Crippen molar-refractivity contribution in [1.29, 1.82) is 0 Å². The minimum atomic E-state index is -4.33. The van der Waals surface area contributed by atoms with Crippen LogP contribution < -0.4 is 0 Å². The fraction of sp³-hybridized carbons (Fsp3) is 0.417. The molecule has 10 nitrogen and oxygen atoms in total. The molecule has 2 aromatic rings. The van der Waals surface area contributed by atoms with Crippen molar-refractivity contribution in [1.82, 2.24) is 4.31 Å². The van der Waals surface area contributed by atoms with Crippen LogP contribution in [0.5, 0.6) is 0 Å². The second-order valence-corrected chi connectivity index (χ2v) is 12.1. The fourth-order valence-corrected chi connectivity index (χ4v) is 6.80. The number of sulfonamides is 1. The molecule has 1 fully saturated rings. The first-order chi connectivity index (χ1) is 16.9. The van der Waals surface area contributed by atoms with Gasteiger partial charge >= 0.3 is 11.9 Å². The van der Waals surface area contributed by atoms with Gasteiger partial charge in [0.25, 0.3) is 10.1 Å². The molecule has 0 aromatic heterocycles. The molecule has 1 heterocycles. The third-order valence-electron chi connectivity index (χ3n) is 6.04. The zero-order valence-corrected chi connectivity index (χ0v) is 22.0. The number of rotatable bonds is 8. The SMILES string of the molecule is COC(=O)[C@H]1CC(COS(=O)(=O)c2ccc(C)cc2)C[C@@H](C(=O)OC)N1S(=O)(=O)c1ccc(C)cc1. The van der Waals surface area contributed by atoms with E-state index < -0.39 is 50.1 Å². The molecule has 0 radical (unpaired) electrons.